The van der Waals surface area contributed by atoms with Crippen LogP contribution in [0.25, 0.3) is 11.1 Å². The monoisotopic (exact) mass is 263 g/mol. The van der Waals surface area contributed by atoms with Gasteiger partial charge < -0.3 is 14.6 Å². The third-order valence-corrected chi connectivity index (χ3v) is 2.92. The molecule has 0 spiro atoms. The minimum atomic E-state index is -0.467. The zero-order valence-corrected chi connectivity index (χ0v) is 11.0. The molecule has 102 valence electrons. The van der Waals surface area contributed by atoms with Gasteiger partial charge in [0.1, 0.15) is 0 Å². The van der Waals surface area contributed by atoms with E-state index in [4.69, 9.17) is 4.42 Å². The fourth-order valence-electron chi connectivity index (χ4n) is 1.87. The van der Waals surface area contributed by atoms with Crippen LogP contribution in [0.2, 0.25) is 0 Å². The number of benzene rings is 1. The molecule has 6 nitrogen and oxygen atoms in total. The molecule has 0 saturated heterocycles. The summed E-state index contributed by atoms with van der Waals surface area (Å²) in [5.41, 5.74) is 2.10. The number of carbonyl (C=O) groups excluding carboxylic acids is 1. The number of nitrogens with one attached hydrogen (secondary N) is 2. The predicted octanol–water partition coefficient (Wildman–Crippen LogP) is 0.689. The second kappa shape index (κ2) is 5.71. The average molecular weight is 263 g/mol. The summed E-state index contributed by atoms with van der Waals surface area (Å²) in [6.07, 6.45) is 0.467. The first-order valence-electron chi connectivity index (χ1n) is 6.10. The molecule has 0 radical (unpaired) electrons. The Bertz CT molecular complexity index is 629. The first-order chi connectivity index (χ1) is 9.10. The van der Waals surface area contributed by atoms with Gasteiger partial charge in [0, 0.05) is 26.6 Å². The van der Waals surface area contributed by atoms with Gasteiger partial charge >= 0.3 is 5.76 Å². The predicted molar refractivity (Wildman–Crippen MR) is 71.9 cm³/mol. The van der Waals surface area contributed by atoms with Gasteiger partial charge in [0.2, 0.25) is 5.91 Å². The van der Waals surface area contributed by atoms with Crippen molar-refractivity contribution >= 4 is 17.0 Å². The minimum Gasteiger partial charge on any atom is -0.408 e. The van der Waals surface area contributed by atoms with Crippen molar-refractivity contribution in [2.45, 2.75) is 13.0 Å². The first-order valence-corrected chi connectivity index (χ1v) is 6.10. The summed E-state index contributed by atoms with van der Waals surface area (Å²) in [7, 11) is 3.57. The number of oxazole rings is 1. The molecule has 0 aliphatic rings. The van der Waals surface area contributed by atoms with Crippen LogP contribution in [0, 0.1) is 0 Å². The Morgan fingerprint density at radius 2 is 2.26 bits per heavy atom. The molecule has 1 heterocycles. The highest BCUT2D eigenvalue weighted by atomic mass is 16.4. The Labute approximate surface area is 110 Å². The Morgan fingerprint density at radius 1 is 1.47 bits per heavy atom. The molecule has 2 rings (SSSR count). The zero-order chi connectivity index (χ0) is 13.8. The molecular weight excluding hydrogens is 246 g/mol. The largest absolute Gasteiger partial charge is 0.417 e. The summed E-state index contributed by atoms with van der Waals surface area (Å²) in [5, 5.41) is 2.94. The number of carbonyl (C=O) groups is 1. The lowest BCUT2D eigenvalue weighted by Gasteiger charge is -2.17. The second-order valence-electron chi connectivity index (χ2n) is 4.45. The SMILES string of the molecule is CNCCC(=O)N(C)Cc1ccc2[nH]c(=O)oc2c1. The number of hydrogen-bond acceptors (Lipinski definition) is 4. The van der Waals surface area contributed by atoms with Gasteiger partial charge in [-0.1, -0.05) is 6.07 Å². The fourth-order valence-corrected chi connectivity index (χ4v) is 1.87. The quantitative estimate of drug-likeness (QED) is 0.832. The number of aromatic nitrogens is 1. The van der Waals surface area contributed by atoms with E-state index in [9.17, 15) is 9.59 Å². The first kappa shape index (κ1) is 13.4. The van der Waals surface area contributed by atoms with Gasteiger partial charge in [0.25, 0.3) is 0 Å². The van der Waals surface area contributed by atoms with Crippen molar-refractivity contribution in [1.29, 1.82) is 0 Å². The van der Waals surface area contributed by atoms with Gasteiger partial charge in [0.05, 0.1) is 5.52 Å². The van der Waals surface area contributed by atoms with E-state index in [0.29, 0.717) is 30.6 Å². The summed E-state index contributed by atoms with van der Waals surface area (Å²) < 4.78 is 4.99. The van der Waals surface area contributed by atoms with E-state index in [1.165, 1.54) is 0 Å². The highest BCUT2D eigenvalue weighted by molar-refractivity contribution is 5.76. The molecule has 1 aromatic carbocycles. The Hall–Kier alpha value is -2.08. The van der Waals surface area contributed by atoms with Crippen LogP contribution in [0.5, 0.6) is 0 Å². The molecule has 1 aromatic heterocycles. The van der Waals surface area contributed by atoms with Gasteiger partial charge in [-0.25, -0.2) is 4.79 Å². The van der Waals surface area contributed by atoms with E-state index in [2.05, 4.69) is 10.3 Å². The normalized spacial score (nSPS) is 10.8. The number of nitrogens with zero attached hydrogens (tertiary/aromatic N) is 1. The van der Waals surface area contributed by atoms with E-state index >= 15 is 0 Å². The number of aromatic amines is 1. The topological polar surface area (TPSA) is 78.3 Å². The maximum atomic E-state index is 11.8. The Morgan fingerprint density at radius 3 is 3.00 bits per heavy atom. The van der Waals surface area contributed by atoms with Crippen molar-refractivity contribution in [3.8, 4) is 0 Å². The summed E-state index contributed by atoms with van der Waals surface area (Å²) in [4.78, 5) is 27.1. The van der Waals surface area contributed by atoms with Crippen LogP contribution < -0.4 is 11.1 Å². The molecule has 0 unspecified atom stereocenters. The Kier molecular flexibility index (Phi) is 4.01. The van der Waals surface area contributed by atoms with Crippen LogP contribution in [0.15, 0.2) is 27.4 Å². The van der Waals surface area contributed by atoms with E-state index in [1.807, 2.05) is 13.1 Å². The molecule has 0 bridgehead atoms. The summed E-state index contributed by atoms with van der Waals surface area (Å²) in [5.74, 6) is -0.393. The van der Waals surface area contributed by atoms with Gasteiger partial charge in [-0.2, -0.15) is 0 Å². The molecule has 2 N–H and O–H groups in total. The third-order valence-electron chi connectivity index (χ3n) is 2.92. The molecule has 0 atom stereocenters. The minimum absolute atomic E-state index is 0.0740. The van der Waals surface area contributed by atoms with E-state index < -0.39 is 5.76 Å². The molecule has 0 aliphatic heterocycles. The van der Waals surface area contributed by atoms with Crippen molar-refractivity contribution < 1.29 is 9.21 Å². The second-order valence-corrected chi connectivity index (χ2v) is 4.45. The van der Waals surface area contributed by atoms with Gasteiger partial charge in [-0.05, 0) is 24.7 Å². The molecule has 2 aromatic rings. The number of amides is 1. The van der Waals surface area contributed by atoms with E-state index in [-0.39, 0.29) is 5.91 Å². The molecular formula is C13H17N3O3. The van der Waals surface area contributed by atoms with Gasteiger partial charge in [-0.15, -0.1) is 0 Å². The van der Waals surface area contributed by atoms with Crippen LogP contribution in [-0.4, -0.2) is 36.4 Å². The lowest BCUT2D eigenvalue weighted by atomic mass is 10.2. The lowest BCUT2D eigenvalue weighted by molar-refractivity contribution is -0.130. The number of fused-ring (bicyclic) bond motifs is 1. The van der Waals surface area contributed by atoms with Gasteiger partial charge in [-0.3, -0.25) is 9.78 Å². The smallest absolute Gasteiger partial charge is 0.408 e. The summed E-state index contributed by atoms with van der Waals surface area (Å²) >= 11 is 0. The van der Waals surface area contributed by atoms with Crippen molar-refractivity contribution in [2.24, 2.45) is 0 Å². The fraction of sp³-hybridized carbons (Fsp3) is 0.385. The molecule has 6 heteroatoms. The number of rotatable bonds is 5. The van der Waals surface area contributed by atoms with Crippen molar-refractivity contribution in [3.63, 3.8) is 0 Å². The van der Waals surface area contributed by atoms with E-state index in [0.717, 1.165) is 5.56 Å². The molecule has 0 aliphatic carbocycles. The van der Waals surface area contributed by atoms with Crippen molar-refractivity contribution in [2.75, 3.05) is 20.6 Å². The zero-order valence-electron chi connectivity index (χ0n) is 11.0. The average Bonchev–Trinajstić information content (AvgIpc) is 2.75. The van der Waals surface area contributed by atoms with Crippen LogP contribution in [0.3, 0.4) is 0 Å². The highest BCUT2D eigenvalue weighted by Gasteiger charge is 2.09. The third kappa shape index (κ3) is 3.23. The maximum absolute atomic E-state index is 11.8. The standard InChI is InChI=1S/C13H17N3O3/c1-14-6-5-12(17)16(2)8-9-3-4-10-11(7-9)19-13(18)15-10/h3-4,7,14H,5-6,8H2,1-2H3,(H,15,18). The maximum Gasteiger partial charge on any atom is 0.417 e. The molecule has 1 amide bonds. The lowest BCUT2D eigenvalue weighted by Crippen LogP contribution is -2.28. The summed E-state index contributed by atoms with van der Waals surface area (Å²) in [6, 6.07) is 5.42. The van der Waals surface area contributed by atoms with Crippen molar-refractivity contribution in [1.82, 2.24) is 15.2 Å². The van der Waals surface area contributed by atoms with Crippen molar-refractivity contribution in [3.05, 3.63) is 34.3 Å². The van der Waals surface area contributed by atoms with Crippen LogP contribution in [0.4, 0.5) is 0 Å². The number of H-pyrrole nitrogens is 1. The van der Waals surface area contributed by atoms with Gasteiger partial charge in [0.15, 0.2) is 5.58 Å². The molecule has 0 saturated carbocycles. The van der Waals surface area contributed by atoms with Crippen LogP contribution in [0.1, 0.15) is 12.0 Å². The molecule has 19 heavy (non-hydrogen) atoms. The summed E-state index contributed by atoms with van der Waals surface area (Å²) in [6.45, 7) is 1.16. The van der Waals surface area contributed by atoms with E-state index in [1.54, 1.807) is 24.1 Å². The molecule has 0 fully saturated rings. The highest BCUT2D eigenvalue weighted by Crippen LogP contribution is 2.13. The Balaban J connectivity index is 2.08. The van der Waals surface area contributed by atoms with Crippen LogP contribution >= 0.6 is 0 Å². The number of hydrogen-bond donors (Lipinski definition) is 2. The van der Waals surface area contributed by atoms with Crippen LogP contribution in [-0.2, 0) is 11.3 Å².